The summed E-state index contributed by atoms with van der Waals surface area (Å²) in [5, 5.41) is 6.20. The lowest BCUT2D eigenvalue weighted by Gasteiger charge is -2.20. The minimum Gasteiger partial charge on any atom is -0.493 e. The van der Waals surface area contributed by atoms with Gasteiger partial charge in [0.1, 0.15) is 0 Å². The molecule has 1 N–H and O–H groups in total. The van der Waals surface area contributed by atoms with Gasteiger partial charge in [0.25, 0.3) is 0 Å². The molecule has 1 heterocycles. The third kappa shape index (κ3) is 3.70. The van der Waals surface area contributed by atoms with Crippen molar-refractivity contribution < 1.29 is 9.47 Å². The largest absolute Gasteiger partial charge is 0.493 e. The van der Waals surface area contributed by atoms with E-state index in [0.29, 0.717) is 16.5 Å². The van der Waals surface area contributed by atoms with Gasteiger partial charge in [-0.3, -0.25) is 0 Å². The molecule has 0 radical (unpaired) electrons. The van der Waals surface area contributed by atoms with Crippen LogP contribution in [0.1, 0.15) is 29.8 Å². The fraction of sp³-hybridized carbons (Fsp3) is 0.375. The summed E-state index contributed by atoms with van der Waals surface area (Å²) in [5.41, 5.74) is 1.08. The quantitative estimate of drug-likeness (QED) is 0.812. The SMILES string of the molecule is CCCNC(c1cc(Cl)c(OC)c(OC)c1)c1cccs1. The molecule has 0 bridgehead atoms. The van der Waals surface area contributed by atoms with Crippen LogP contribution in [0.2, 0.25) is 5.02 Å². The van der Waals surface area contributed by atoms with Crippen LogP contribution in [0.3, 0.4) is 0 Å². The van der Waals surface area contributed by atoms with Gasteiger partial charge in [0.2, 0.25) is 0 Å². The van der Waals surface area contributed by atoms with E-state index in [1.165, 1.54) is 4.88 Å². The van der Waals surface area contributed by atoms with E-state index < -0.39 is 0 Å². The Kier molecular flexibility index (Phi) is 5.91. The maximum atomic E-state index is 6.32. The minimum absolute atomic E-state index is 0.113. The van der Waals surface area contributed by atoms with E-state index in [9.17, 15) is 0 Å². The zero-order valence-corrected chi connectivity index (χ0v) is 14.1. The average Bonchev–Trinajstić information content (AvgIpc) is 3.01. The summed E-state index contributed by atoms with van der Waals surface area (Å²) in [6.07, 6.45) is 1.07. The number of nitrogens with one attached hydrogen (secondary N) is 1. The standard InChI is InChI=1S/C16H20ClNO2S/c1-4-7-18-15(14-6-5-8-21-14)11-9-12(17)16(20-3)13(10-11)19-2/h5-6,8-10,15,18H,4,7H2,1-3H3. The van der Waals surface area contributed by atoms with Crippen molar-refractivity contribution in [1.29, 1.82) is 0 Å². The van der Waals surface area contributed by atoms with Crippen molar-refractivity contribution in [3.05, 3.63) is 45.1 Å². The van der Waals surface area contributed by atoms with Gasteiger partial charge >= 0.3 is 0 Å². The normalized spacial score (nSPS) is 12.2. The number of methoxy groups -OCH3 is 2. The van der Waals surface area contributed by atoms with Crippen molar-refractivity contribution in [1.82, 2.24) is 5.32 Å². The molecule has 0 fully saturated rings. The Bertz CT molecular complexity index is 572. The number of rotatable bonds is 7. The highest BCUT2D eigenvalue weighted by Gasteiger charge is 2.19. The summed E-state index contributed by atoms with van der Waals surface area (Å²) in [4.78, 5) is 1.26. The molecule has 1 aromatic heterocycles. The fourth-order valence-electron chi connectivity index (χ4n) is 2.23. The number of halogens is 1. The van der Waals surface area contributed by atoms with Gasteiger partial charge in [0.15, 0.2) is 11.5 Å². The molecule has 114 valence electrons. The second-order valence-corrected chi connectivity index (χ2v) is 6.03. The molecule has 2 aromatic rings. The van der Waals surface area contributed by atoms with Crippen LogP contribution in [0.4, 0.5) is 0 Å². The van der Waals surface area contributed by atoms with Crippen LogP contribution >= 0.6 is 22.9 Å². The molecule has 0 saturated carbocycles. The van der Waals surface area contributed by atoms with Crippen LogP contribution in [-0.4, -0.2) is 20.8 Å². The van der Waals surface area contributed by atoms with E-state index in [4.69, 9.17) is 21.1 Å². The van der Waals surface area contributed by atoms with E-state index in [2.05, 4.69) is 29.8 Å². The zero-order valence-electron chi connectivity index (χ0n) is 12.5. The first-order valence-electron chi connectivity index (χ1n) is 6.89. The highest BCUT2D eigenvalue weighted by atomic mass is 35.5. The molecule has 0 saturated heterocycles. The van der Waals surface area contributed by atoms with Crippen molar-refractivity contribution in [2.75, 3.05) is 20.8 Å². The Morgan fingerprint density at radius 1 is 1.29 bits per heavy atom. The lowest BCUT2D eigenvalue weighted by molar-refractivity contribution is 0.354. The van der Waals surface area contributed by atoms with Crippen LogP contribution in [0.5, 0.6) is 11.5 Å². The molecule has 5 heteroatoms. The van der Waals surface area contributed by atoms with E-state index in [1.54, 1.807) is 25.6 Å². The average molecular weight is 326 g/mol. The Morgan fingerprint density at radius 3 is 2.67 bits per heavy atom. The van der Waals surface area contributed by atoms with Gasteiger partial charge in [0.05, 0.1) is 25.3 Å². The van der Waals surface area contributed by atoms with E-state index >= 15 is 0 Å². The molecule has 21 heavy (non-hydrogen) atoms. The highest BCUT2D eigenvalue weighted by Crippen LogP contribution is 2.39. The molecule has 0 aliphatic rings. The summed E-state index contributed by atoms with van der Waals surface area (Å²) in [6.45, 7) is 3.09. The zero-order chi connectivity index (χ0) is 15.2. The predicted molar refractivity (Wildman–Crippen MR) is 89.0 cm³/mol. The molecule has 3 nitrogen and oxygen atoms in total. The topological polar surface area (TPSA) is 30.5 Å². The van der Waals surface area contributed by atoms with Crippen molar-refractivity contribution >= 4 is 22.9 Å². The predicted octanol–water partition coefficient (Wildman–Crippen LogP) is 4.51. The van der Waals surface area contributed by atoms with E-state index in [1.807, 2.05) is 12.1 Å². The number of benzene rings is 1. The number of hydrogen-bond acceptors (Lipinski definition) is 4. The molecule has 1 aromatic carbocycles. The first-order chi connectivity index (χ1) is 10.2. The number of hydrogen-bond donors (Lipinski definition) is 1. The number of thiophene rings is 1. The first kappa shape index (κ1) is 16.1. The Morgan fingerprint density at radius 2 is 2.10 bits per heavy atom. The minimum atomic E-state index is 0.113. The second kappa shape index (κ2) is 7.69. The summed E-state index contributed by atoms with van der Waals surface area (Å²) < 4.78 is 10.7. The third-order valence-corrected chi connectivity index (χ3v) is 4.43. The monoisotopic (exact) mass is 325 g/mol. The van der Waals surface area contributed by atoms with Crippen molar-refractivity contribution in [2.24, 2.45) is 0 Å². The second-order valence-electron chi connectivity index (χ2n) is 4.64. The molecule has 0 spiro atoms. The fourth-order valence-corrected chi connectivity index (χ4v) is 3.35. The maximum absolute atomic E-state index is 6.32. The van der Waals surface area contributed by atoms with Crippen molar-refractivity contribution in [2.45, 2.75) is 19.4 Å². The number of ether oxygens (including phenoxy) is 2. The molecule has 1 atom stereocenters. The van der Waals surface area contributed by atoms with Crippen LogP contribution in [0.25, 0.3) is 0 Å². The van der Waals surface area contributed by atoms with Gasteiger partial charge in [-0.1, -0.05) is 24.6 Å². The van der Waals surface area contributed by atoms with Crippen LogP contribution in [0.15, 0.2) is 29.6 Å². The van der Waals surface area contributed by atoms with Crippen LogP contribution in [-0.2, 0) is 0 Å². The lowest BCUT2D eigenvalue weighted by atomic mass is 10.0. The summed E-state index contributed by atoms with van der Waals surface area (Å²) in [7, 11) is 3.22. The first-order valence-corrected chi connectivity index (χ1v) is 8.15. The highest BCUT2D eigenvalue weighted by molar-refractivity contribution is 7.10. The Labute approximate surface area is 134 Å². The molecule has 0 amide bonds. The molecular weight excluding hydrogens is 306 g/mol. The van der Waals surface area contributed by atoms with Gasteiger partial charge in [-0.2, -0.15) is 0 Å². The van der Waals surface area contributed by atoms with Crippen molar-refractivity contribution in [3.8, 4) is 11.5 Å². The summed E-state index contributed by atoms with van der Waals surface area (Å²) in [6, 6.07) is 8.22. The van der Waals surface area contributed by atoms with Gasteiger partial charge in [-0.15, -0.1) is 11.3 Å². The molecule has 1 unspecified atom stereocenters. The van der Waals surface area contributed by atoms with Crippen LogP contribution in [0, 0.1) is 0 Å². The smallest absolute Gasteiger partial charge is 0.179 e. The summed E-state index contributed by atoms with van der Waals surface area (Å²) >= 11 is 8.05. The molecular formula is C16H20ClNO2S. The van der Waals surface area contributed by atoms with Gasteiger partial charge < -0.3 is 14.8 Å². The molecule has 0 aliphatic carbocycles. The third-order valence-electron chi connectivity index (χ3n) is 3.22. The van der Waals surface area contributed by atoms with Gasteiger partial charge in [-0.05, 0) is 42.1 Å². The molecule has 2 rings (SSSR count). The Hall–Kier alpha value is -1.23. The van der Waals surface area contributed by atoms with Gasteiger partial charge in [0, 0.05) is 4.88 Å². The van der Waals surface area contributed by atoms with E-state index in [-0.39, 0.29) is 6.04 Å². The van der Waals surface area contributed by atoms with Crippen LogP contribution < -0.4 is 14.8 Å². The lowest BCUT2D eigenvalue weighted by Crippen LogP contribution is -2.22. The molecule has 0 aliphatic heterocycles. The summed E-state index contributed by atoms with van der Waals surface area (Å²) in [5.74, 6) is 1.23. The van der Waals surface area contributed by atoms with E-state index in [0.717, 1.165) is 18.5 Å². The van der Waals surface area contributed by atoms with Gasteiger partial charge in [-0.25, -0.2) is 0 Å². The van der Waals surface area contributed by atoms with Crippen molar-refractivity contribution in [3.63, 3.8) is 0 Å². The Balaban J connectivity index is 2.42. The maximum Gasteiger partial charge on any atom is 0.179 e.